The number of aryl methyl sites for hydroxylation is 2. The molecule has 2 aliphatic heterocycles. The van der Waals surface area contributed by atoms with E-state index in [0.29, 0.717) is 23.9 Å². The SMILES string of the molecule is Cc1noc(C)c1CN1CCC(N(C(=O)C2CC2)C2CCOCC2)C1. The molecule has 0 bridgehead atoms. The molecular weight excluding hydrogens is 318 g/mol. The predicted octanol–water partition coefficient (Wildman–Crippen LogP) is 2.28. The number of rotatable bonds is 5. The second-order valence-corrected chi connectivity index (χ2v) is 7.84. The van der Waals surface area contributed by atoms with Crippen molar-refractivity contribution in [2.45, 2.75) is 64.6 Å². The number of hydrogen-bond donors (Lipinski definition) is 0. The zero-order valence-electron chi connectivity index (χ0n) is 15.4. The van der Waals surface area contributed by atoms with Gasteiger partial charge in [-0.25, -0.2) is 0 Å². The highest BCUT2D eigenvalue weighted by Crippen LogP contribution is 2.35. The van der Waals surface area contributed by atoms with Gasteiger partial charge in [-0.15, -0.1) is 0 Å². The largest absolute Gasteiger partial charge is 0.381 e. The summed E-state index contributed by atoms with van der Waals surface area (Å²) in [7, 11) is 0. The Kier molecular flexibility index (Phi) is 4.82. The van der Waals surface area contributed by atoms with Gasteiger partial charge in [-0.3, -0.25) is 9.69 Å². The molecule has 1 saturated carbocycles. The zero-order valence-corrected chi connectivity index (χ0v) is 15.4. The fourth-order valence-corrected chi connectivity index (χ4v) is 4.30. The average molecular weight is 347 g/mol. The molecule has 1 unspecified atom stereocenters. The number of likely N-dealkylation sites (tertiary alicyclic amines) is 1. The van der Waals surface area contributed by atoms with Gasteiger partial charge < -0.3 is 14.2 Å². The Morgan fingerprint density at radius 1 is 1.16 bits per heavy atom. The van der Waals surface area contributed by atoms with Crippen molar-refractivity contribution in [1.82, 2.24) is 15.0 Å². The first-order valence-electron chi connectivity index (χ1n) is 9.67. The Labute approximate surface area is 149 Å². The first-order valence-corrected chi connectivity index (χ1v) is 9.67. The number of aromatic nitrogens is 1. The number of amides is 1. The van der Waals surface area contributed by atoms with Crippen LogP contribution in [0.5, 0.6) is 0 Å². The second-order valence-electron chi connectivity index (χ2n) is 7.84. The summed E-state index contributed by atoms with van der Waals surface area (Å²) in [6.07, 6.45) is 5.19. The number of hydrogen-bond acceptors (Lipinski definition) is 5. The van der Waals surface area contributed by atoms with Gasteiger partial charge in [0.25, 0.3) is 0 Å². The Bertz CT molecular complexity index is 600. The summed E-state index contributed by atoms with van der Waals surface area (Å²) in [5.74, 6) is 1.60. The van der Waals surface area contributed by atoms with Crippen LogP contribution in [0, 0.1) is 19.8 Å². The molecule has 3 fully saturated rings. The molecule has 1 aromatic rings. The highest BCUT2D eigenvalue weighted by Gasteiger charge is 2.41. The van der Waals surface area contributed by atoms with Gasteiger partial charge in [0.05, 0.1) is 5.69 Å². The Morgan fingerprint density at radius 2 is 1.92 bits per heavy atom. The third-order valence-corrected chi connectivity index (χ3v) is 5.97. The van der Waals surface area contributed by atoms with Crippen LogP contribution < -0.4 is 0 Å². The van der Waals surface area contributed by atoms with Crippen molar-refractivity contribution in [1.29, 1.82) is 0 Å². The Morgan fingerprint density at radius 3 is 2.56 bits per heavy atom. The molecule has 2 saturated heterocycles. The third kappa shape index (κ3) is 3.60. The van der Waals surface area contributed by atoms with Crippen LogP contribution in [0.2, 0.25) is 0 Å². The van der Waals surface area contributed by atoms with E-state index in [0.717, 1.165) is 76.4 Å². The molecular formula is C19H29N3O3. The number of carbonyl (C=O) groups is 1. The molecule has 25 heavy (non-hydrogen) atoms. The van der Waals surface area contributed by atoms with Crippen LogP contribution in [0.25, 0.3) is 0 Å². The summed E-state index contributed by atoms with van der Waals surface area (Å²) in [6.45, 7) is 8.42. The molecule has 3 aliphatic rings. The van der Waals surface area contributed by atoms with Gasteiger partial charge in [0.15, 0.2) is 0 Å². The van der Waals surface area contributed by atoms with Crippen molar-refractivity contribution in [3.63, 3.8) is 0 Å². The van der Waals surface area contributed by atoms with Crippen LogP contribution in [-0.4, -0.2) is 59.3 Å². The Balaban J connectivity index is 1.44. The molecule has 0 spiro atoms. The molecule has 6 nitrogen and oxygen atoms in total. The molecule has 1 aliphatic carbocycles. The van der Waals surface area contributed by atoms with Gasteiger partial charge in [0.1, 0.15) is 5.76 Å². The summed E-state index contributed by atoms with van der Waals surface area (Å²) < 4.78 is 10.8. The van der Waals surface area contributed by atoms with Crippen LogP contribution in [-0.2, 0) is 16.1 Å². The molecule has 6 heteroatoms. The summed E-state index contributed by atoms with van der Waals surface area (Å²) in [4.78, 5) is 17.7. The van der Waals surface area contributed by atoms with Crippen LogP contribution in [0.1, 0.15) is 49.1 Å². The molecule has 0 N–H and O–H groups in total. The number of carbonyl (C=O) groups excluding carboxylic acids is 1. The van der Waals surface area contributed by atoms with Crippen molar-refractivity contribution < 1.29 is 14.1 Å². The maximum atomic E-state index is 13.0. The quantitative estimate of drug-likeness (QED) is 0.818. The monoisotopic (exact) mass is 347 g/mol. The topological polar surface area (TPSA) is 58.8 Å². The molecule has 0 aromatic carbocycles. The molecule has 0 radical (unpaired) electrons. The van der Waals surface area contributed by atoms with Crippen LogP contribution in [0.3, 0.4) is 0 Å². The molecule has 1 aromatic heterocycles. The molecule has 1 amide bonds. The minimum absolute atomic E-state index is 0.291. The first-order chi connectivity index (χ1) is 12.1. The van der Waals surface area contributed by atoms with E-state index in [4.69, 9.17) is 9.26 Å². The van der Waals surface area contributed by atoms with Crippen molar-refractivity contribution in [2.24, 2.45) is 5.92 Å². The second kappa shape index (κ2) is 7.08. The van der Waals surface area contributed by atoms with Gasteiger partial charge in [-0.05, 0) is 46.0 Å². The smallest absolute Gasteiger partial charge is 0.226 e. The standard InChI is InChI=1S/C19H29N3O3/c1-13-18(14(2)25-20-13)12-21-8-5-17(11-21)22(19(23)15-3-4-15)16-6-9-24-10-7-16/h15-17H,3-12H2,1-2H3. The first kappa shape index (κ1) is 17.0. The van der Waals surface area contributed by atoms with E-state index in [-0.39, 0.29) is 0 Å². The minimum atomic E-state index is 0.291. The van der Waals surface area contributed by atoms with Gasteiger partial charge in [-0.2, -0.15) is 0 Å². The van der Waals surface area contributed by atoms with E-state index < -0.39 is 0 Å². The average Bonchev–Trinajstić information content (AvgIpc) is 3.31. The van der Waals surface area contributed by atoms with Gasteiger partial charge in [0.2, 0.25) is 5.91 Å². The summed E-state index contributed by atoms with van der Waals surface area (Å²) >= 11 is 0. The lowest BCUT2D eigenvalue weighted by Crippen LogP contribution is -2.51. The molecule has 1 atom stereocenters. The van der Waals surface area contributed by atoms with E-state index in [1.807, 2.05) is 13.8 Å². The van der Waals surface area contributed by atoms with E-state index >= 15 is 0 Å². The summed E-state index contributed by atoms with van der Waals surface area (Å²) in [5, 5.41) is 4.07. The van der Waals surface area contributed by atoms with Crippen molar-refractivity contribution in [2.75, 3.05) is 26.3 Å². The fraction of sp³-hybridized carbons (Fsp3) is 0.789. The van der Waals surface area contributed by atoms with E-state index in [9.17, 15) is 4.79 Å². The van der Waals surface area contributed by atoms with Gasteiger partial charge >= 0.3 is 0 Å². The lowest BCUT2D eigenvalue weighted by Gasteiger charge is -2.39. The van der Waals surface area contributed by atoms with Gasteiger partial charge in [0, 0.05) is 56.4 Å². The van der Waals surface area contributed by atoms with Gasteiger partial charge in [-0.1, -0.05) is 5.16 Å². The summed E-state index contributed by atoms with van der Waals surface area (Å²) in [5.41, 5.74) is 2.18. The van der Waals surface area contributed by atoms with Crippen LogP contribution in [0.15, 0.2) is 4.52 Å². The molecule has 4 rings (SSSR count). The zero-order chi connectivity index (χ0) is 17.4. The van der Waals surface area contributed by atoms with Crippen LogP contribution in [0.4, 0.5) is 0 Å². The van der Waals surface area contributed by atoms with Crippen molar-refractivity contribution in [3.05, 3.63) is 17.0 Å². The van der Waals surface area contributed by atoms with Crippen LogP contribution >= 0.6 is 0 Å². The number of ether oxygens (including phenoxy) is 1. The molecule has 3 heterocycles. The minimum Gasteiger partial charge on any atom is -0.381 e. The Hall–Kier alpha value is -1.40. The highest BCUT2D eigenvalue weighted by molar-refractivity contribution is 5.81. The fourth-order valence-electron chi connectivity index (χ4n) is 4.30. The van der Waals surface area contributed by atoms with E-state index in [2.05, 4.69) is 15.0 Å². The number of nitrogens with zero attached hydrogens (tertiary/aromatic N) is 3. The van der Waals surface area contributed by atoms with Crippen molar-refractivity contribution >= 4 is 5.91 Å². The lowest BCUT2D eigenvalue weighted by atomic mass is 10.0. The van der Waals surface area contributed by atoms with E-state index in [1.54, 1.807) is 0 Å². The maximum Gasteiger partial charge on any atom is 0.226 e. The van der Waals surface area contributed by atoms with Crippen molar-refractivity contribution in [3.8, 4) is 0 Å². The molecule has 138 valence electrons. The lowest BCUT2D eigenvalue weighted by molar-refractivity contribution is -0.139. The summed E-state index contributed by atoms with van der Waals surface area (Å²) in [6, 6.07) is 0.711. The predicted molar refractivity (Wildman–Crippen MR) is 93.1 cm³/mol. The highest BCUT2D eigenvalue weighted by atomic mass is 16.5. The normalized spacial score (nSPS) is 25.4. The maximum absolute atomic E-state index is 13.0. The van der Waals surface area contributed by atoms with E-state index in [1.165, 1.54) is 5.56 Å². The third-order valence-electron chi connectivity index (χ3n) is 5.97.